The van der Waals surface area contributed by atoms with E-state index >= 15 is 0 Å². The summed E-state index contributed by atoms with van der Waals surface area (Å²) in [4.78, 5) is -0.0271. The van der Waals surface area contributed by atoms with Crippen LogP contribution in [-0.2, 0) is 16.7 Å². The first kappa shape index (κ1) is 15.1. The zero-order chi connectivity index (χ0) is 14.8. The Kier molecular flexibility index (Phi) is 4.55. The maximum Gasteiger partial charge on any atom is 0.339 e. The maximum absolute atomic E-state index is 12.1. The van der Waals surface area contributed by atoms with Gasteiger partial charge in [0.1, 0.15) is 10.6 Å². The third kappa shape index (κ3) is 3.43. The summed E-state index contributed by atoms with van der Waals surface area (Å²) in [6, 6.07) is 9.89. The van der Waals surface area contributed by atoms with Crippen LogP contribution in [0.1, 0.15) is 5.56 Å². The number of aliphatic hydroxyl groups is 1. The number of rotatable bonds is 4. The fourth-order valence-corrected chi connectivity index (χ4v) is 2.81. The third-order valence-electron chi connectivity index (χ3n) is 2.49. The van der Waals surface area contributed by atoms with Crippen molar-refractivity contribution < 1.29 is 17.7 Å². The first-order valence-corrected chi connectivity index (χ1v) is 7.68. The van der Waals surface area contributed by atoms with Crippen LogP contribution in [0.25, 0.3) is 0 Å². The third-order valence-corrected chi connectivity index (χ3v) is 4.23. The first-order valence-electron chi connectivity index (χ1n) is 5.52. The topological polar surface area (TPSA) is 63.6 Å². The van der Waals surface area contributed by atoms with Crippen molar-refractivity contribution in [2.45, 2.75) is 11.5 Å². The van der Waals surface area contributed by atoms with Crippen LogP contribution in [0.15, 0.2) is 47.4 Å². The lowest BCUT2D eigenvalue weighted by Crippen LogP contribution is -2.11. The van der Waals surface area contributed by atoms with Crippen LogP contribution in [0.3, 0.4) is 0 Å². The maximum atomic E-state index is 12.1. The van der Waals surface area contributed by atoms with E-state index in [4.69, 9.17) is 27.4 Å². The summed E-state index contributed by atoms with van der Waals surface area (Å²) >= 11 is 11.5. The molecule has 0 unspecified atom stereocenters. The molecule has 0 heterocycles. The molecule has 7 heteroatoms. The van der Waals surface area contributed by atoms with Gasteiger partial charge in [-0.1, -0.05) is 23.2 Å². The predicted octanol–water partition coefficient (Wildman–Crippen LogP) is 3.25. The van der Waals surface area contributed by atoms with Gasteiger partial charge in [0.15, 0.2) is 0 Å². The SMILES string of the molecule is O=S(=O)(Oc1ccc(Cl)cc1CO)c1ccc(Cl)cc1. The Balaban J connectivity index is 2.35. The normalized spacial score (nSPS) is 11.3. The minimum Gasteiger partial charge on any atom is -0.392 e. The van der Waals surface area contributed by atoms with Crippen LogP contribution < -0.4 is 4.18 Å². The molecule has 4 nitrogen and oxygen atoms in total. The van der Waals surface area contributed by atoms with Crippen molar-refractivity contribution in [3.05, 3.63) is 58.1 Å². The van der Waals surface area contributed by atoms with Crippen LogP contribution in [0.2, 0.25) is 10.0 Å². The number of hydrogen-bond donors (Lipinski definition) is 1. The fraction of sp³-hybridized carbons (Fsp3) is 0.0769. The van der Waals surface area contributed by atoms with Crippen molar-refractivity contribution in [2.24, 2.45) is 0 Å². The summed E-state index contributed by atoms with van der Waals surface area (Å²) in [5, 5.41) is 10.00. The van der Waals surface area contributed by atoms with Gasteiger partial charge in [-0.25, -0.2) is 0 Å². The molecule has 2 aromatic rings. The van der Waals surface area contributed by atoms with Gasteiger partial charge >= 0.3 is 10.1 Å². The summed E-state index contributed by atoms with van der Waals surface area (Å²) in [5.74, 6) is 0.0341. The number of aliphatic hydroxyl groups excluding tert-OH is 1. The van der Waals surface area contributed by atoms with Crippen LogP contribution >= 0.6 is 23.2 Å². The highest BCUT2D eigenvalue weighted by atomic mass is 35.5. The summed E-state index contributed by atoms with van der Waals surface area (Å²) in [7, 11) is -3.99. The molecule has 0 bridgehead atoms. The average molecular weight is 333 g/mol. The molecule has 0 aliphatic carbocycles. The molecule has 0 saturated heterocycles. The van der Waals surface area contributed by atoms with E-state index in [2.05, 4.69) is 0 Å². The van der Waals surface area contributed by atoms with E-state index in [1.807, 2.05) is 0 Å². The molecule has 0 radical (unpaired) electrons. The predicted molar refractivity (Wildman–Crippen MR) is 76.6 cm³/mol. The van der Waals surface area contributed by atoms with Gasteiger partial charge in [0, 0.05) is 15.6 Å². The molecule has 0 atom stereocenters. The van der Waals surface area contributed by atoms with Crippen LogP contribution in [0, 0.1) is 0 Å². The van der Waals surface area contributed by atoms with Gasteiger partial charge in [-0.15, -0.1) is 0 Å². The molecule has 0 aliphatic heterocycles. The summed E-state index contributed by atoms with van der Waals surface area (Å²) < 4.78 is 29.2. The molecule has 0 fully saturated rings. The van der Waals surface area contributed by atoms with E-state index in [0.717, 1.165) is 0 Å². The zero-order valence-electron chi connectivity index (χ0n) is 10.1. The Morgan fingerprint density at radius 1 is 1.00 bits per heavy atom. The second-order valence-corrected chi connectivity index (χ2v) is 6.32. The van der Waals surface area contributed by atoms with Gasteiger partial charge in [0.05, 0.1) is 6.61 Å². The van der Waals surface area contributed by atoms with Crippen molar-refractivity contribution in [3.8, 4) is 5.75 Å². The lowest BCUT2D eigenvalue weighted by Gasteiger charge is -2.10. The number of hydrogen-bond acceptors (Lipinski definition) is 4. The molecule has 20 heavy (non-hydrogen) atoms. The van der Waals surface area contributed by atoms with E-state index in [1.165, 1.54) is 42.5 Å². The Morgan fingerprint density at radius 3 is 2.20 bits per heavy atom. The second kappa shape index (κ2) is 6.01. The van der Waals surface area contributed by atoms with Gasteiger partial charge in [-0.3, -0.25) is 0 Å². The largest absolute Gasteiger partial charge is 0.392 e. The Morgan fingerprint density at radius 2 is 1.60 bits per heavy atom. The smallest absolute Gasteiger partial charge is 0.339 e. The minimum absolute atomic E-state index is 0.0271. The van der Waals surface area contributed by atoms with Crippen molar-refractivity contribution in [3.63, 3.8) is 0 Å². The van der Waals surface area contributed by atoms with Gasteiger partial charge in [0.2, 0.25) is 0 Å². The molecule has 0 aliphatic rings. The van der Waals surface area contributed by atoms with Crippen LogP contribution in [0.5, 0.6) is 5.75 Å². The van der Waals surface area contributed by atoms with Gasteiger partial charge in [0.25, 0.3) is 0 Å². The zero-order valence-corrected chi connectivity index (χ0v) is 12.4. The second-order valence-electron chi connectivity index (χ2n) is 3.90. The number of halogens is 2. The van der Waals surface area contributed by atoms with Crippen LogP contribution in [0.4, 0.5) is 0 Å². The molecule has 0 spiro atoms. The Bertz CT molecular complexity index is 712. The van der Waals surface area contributed by atoms with Gasteiger partial charge < -0.3 is 9.29 Å². The van der Waals surface area contributed by atoms with Crippen molar-refractivity contribution >= 4 is 33.3 Å². The molecule has 2 aromatic carbocycles. The Hall–Kier alpha value is -1.27. The minimum atomic E-state index is -3.99. The molecule has 0 amide bonds. The highest BCUT2D eigenvalue weighted by Gasteiger charge is 2.18. The molecular formula is C13H10Cl2O4S. The van der Waals surface area contributed by atoms with E-state index in [0.29, 0.717) is 10.0 Å². The standard InChI is InChI=1S/C13H10Cl2O4S/c14-10-1-4-12(5-2-10)20(17,18)19-13-6-3-11(15)7-9(13)8-16/h1-7,16H,8H2. The van der Waals surface area contributed by atoms with E-state index < -0.39 is 10.1 Å². The molecule has 0 aromatic heterocycles. The molecule has 0 saturated carbocycles. The lowest BCUT2D eigenvalue weighted by molar-refractivity contribution is 0.278. The van der Waals surface area contributed by atoms with E-state index in [9.17, 15) is 13.5 Å². The first-order chi connectivity index (χ1) is 9.42. The van der Waals surface area contributed by atoms with Crippen molar-refractivity contribution in [1.29, 1.82) is 0 Å². The van der Waals surface area contributed by atoms with Gasteiger partial charge in [-0.2, -0.15) is 8.42 Å². The van der Waals surface area contributed by atoms with Crippen LogP contribution in [-0.4, -0.2) is 13.5 Å². The molecular weight excluding hydrogens is 323 g/mol. The molecule has 1 N–H and O–H groups in total. The quantitative estimate of drug-likeness (QED) is 0.873. The van der Waals surface area contributed by atoms with E-state index in [-0.39, 0.29) is 22.8 Å². The van der Waals surface area contributed by atoms with Crippen molar-refractivity contribution in [1.82, 2.24) is 0 Å². The van der Waals surface area contributed by atoms with E-state index in [1.54, 1.807) is 0 Å². The summed E-state index contributed by atoms with van der Waals surface area (Å²) in [6.07, 6.45) is 0. The van der Waals surface area contributed by atoms with Crippen molar-refractivity contribution in [2.75, 3.05) is 0 Å². The Labute approximate surface area is 126 Å². The number of benzene rings is 2. The van der Waals surface area contributed by atoms with Gasteiger partial charge in [-0.05, 0) is 42.5 Å². The fourth-order valence-electron chi connectivity index (χ4n) is 1.52. The summed E-state index contributed by atoms with van der Waals surface area (Å²) in [6.45, 7) is -0.383. The highest BCUT2D eigenvalue weighted by molar-refractivity contribution is 7.87. The lowest BCUT2D eigenvalue weighted by atomic mass is 10.2. The molecule has 2 rings (SSSR count). The molecule has 106 valence electrons. The monoisotopic (exact) mass is 332 g/mol. The average Bonchev–Trinajstić information content (AvgIpc) is 2.41. The highest BCUT2D eigenvalue weighted by Crippen LogP contribution is 2.26. The summed E-state index contributed by atoms with van der Waals surface area (Å²) in [5.41, 5.74) is 0.287.